The number of hydrogen-bond donors (Lipinski definition) is 20. The molecule has 9 amide bonds. The predicted octanol–water partition coefficient (Wildman–Crippen LogP) is -7.12. The number of rotatable bonds is 48. The van der Waals surface area contributed by atoms with Crippen LogP contribution in [-0.2, 0) is 54.4 Å². The molecule has 1 saturated heterocycles. The molecule has 504 valence electrons. The van der Waals surface area contributed by atoms with Gasteiger partial charge in [-0.2, -0.15) is 0 Å². The highest BCUT2D eigenvalue weighted by Gasteiger charge is 2.40. The summed E-state index contributed by atoms with van der Waals surface area (Å²) in [7, 11) is 0. The second-order valence-electron chi connectivity index (χ2n) is 21.9. The van der Waals surface area contributed by atoms with Gasteiger partial charge >= 0.3 is 0 Å². The number of nitrogens with one attached hydrogen (secondary N) is 9. The number of aliphatic hydroxyl groups is 1. The molecule has 33 heteroatoms. The van der Waals surface area contributed by atoms with Gasteiger partial charge in [-0.3, -0.25) is 52.9 Å². The van der Waals surface area contributed by atoms with Crippen LogP contribution in [0.15, 0.2) is 29.2 Å². The van der Waals surface area contributed by atoms with Crippen molar-refractivity contribution in [3.8, 4) is 0 Å². The summed E-state index contributed by atoms with van der Waals surface area (Å²) < 4.78 is 0. The highest BCUT2D eigenvalue weighted by atomic mass is 16.3. The molecule has 89 heavy (non-hydrogen) atoms. The van der Waals surface area contributed by atoms with Crippen LogP contribution in [0, 0.1) is 0 Å². The van der Waals surface area contributed by atoms with E-state index in [1.165, 1.54) is 17.4 Å². The maximum Gasteiger partial charge on any atom is 0.247 e. The van der Waals surface area contributed by atoms with Gasteiger partial charge in [0.15, 0.2) is 11.7 Å². The van der Waals surface area contributed by atoms with Crippen molar-refractivity contribution in [2.75, 3.05) is 72.0 Å². The first-order valence-corrected chi connectivity index (χ1v) is 31.0. The van der Waals surface area contributed by atoms with E-state index in [2.05, 4.69) is 57.5 Å². The van der Waals surface area contributed by atoms with Gasteiger partial charge in [-0.15, -0.1) is 0 Å². The molecule has 1 aromatic heterocycles. The van der Waals surface area contributed by atoms with Crippen molar-refractivity contribution in [3.05, 3.63) is 29.9 Å². The summed E-state index contributed by atoms with van der Waals surface area (Å²) in [6.07, 6.45) is 8.63. The number of imidazole rings is 1. The molecular formula is C56H104N22O11. The molecule has 9 atom stereocenters. The number of nitrogens with zero attached hydrogens (tertiary/aromatic N) is 3. The van der Waals surface area contributed by atoms with Crippen molar-refractivity contribution in [1.82, 2.24) is 57.4 Å². The van der Waals surface area contributed by atoms with Gasteiger partial charge in [-0.05, 0) is 148 Å². The lowest BCUT2D eigenvalue weighted by Crippen LogP contribution is -2.61. The zero-order chi connectivity index (χ0) is 66.1. The number of ketones is 1. The number of guanidine groups is 1. The largest absolute Gasteiger partial charge is 0.389 e. The smallest absolute Gasteiger partial charge is 0.247 e. The molecular weight excluding hydrogens is 1160 g/mol. The van der Waals surface area contributed by atoms with E-state index in [9.17, 15) is 53.1 Å². The molecule has 2 rings (SSSR count). The van der Waals surface area contributed by atoms with Crippen molar-refractivity contribution in [2.45, 2.75) is 183 Å². The molecule has 1 aliphatic rings. The number of likely N-dealkylation sites (tertiary alicyclic amines) is 1. The second kappa shape index (κ2) is 45.1. The van der Waals surface area contributed by atoms with Gasteiger partial charge in [0, 0.05) is 56.5 Å². The third-order valence-electron chi connectivity index (χ3n) is 14.7. The molecule has 1 aliphatic heterocycles. The minimum absolute atomic E-state index is 0.0339. The molecule has 1 aromatic rings. The van der Waals surface area contributed by atoms with Crippen LogP contribution in [0.3, 0.4) is 0 Å². The number of amides is 9. The lowest BCUT2D eigenvalue weighted by Gasteiger charge is -2.30. The number of aromatic nitrogens is 2. The number of Topliss-reactive ketones (excluding diaryl/α,β-unsaturated/α-hetero) is 1. The molecule has 0 unspecified atom stereocenters. The van der Waals surface area contributed by atoms with Crippen LogP contribution in [0.1, 0.15) is 128 Å². The van der Waals surface area contributed by atoms with Crippen LogP contribution in [0.2, 0.25) is 0 Å². The van der Waals surface area contributed by atoms with Gasteiger partial charge < -0.3 is 115 Å². The fraction of sp³-hybridized carbons (Fsp3) is 0.714. The number of aliphatic hydroxyl groups excluding tert-OH is 1. The van der Waals surface area contributed by atoms with Crippen LogP contribution >= 0.6 is 0 Å². The molecule has 1 fully saturated rings. The number of H-pyrrole nitrogens is 1. The molecule has 33 nitrogen and oxygen atoms in total. The zero-order valence-corrected chi connectivity index (χ0v) is 51.5. The van der Waals surface area contributed by atoms with E-state index < -0.39 is 121 Å². The lowest BCUT2D eigenvalue weighted by atomic mass is 9.97. The molecule has 0 aromatic carbocycles. The first-order chi connectivity index (χ1) is 42.7. The summed E-state index contributed by atoms with van der Waals surface area (Å²) in [6, 6.07) is -9.69. The van der Waals surface area contributed by atoms with E-state index in [0.29, 0.717) is 103 Å². The van der Waals surface area contributed by atoms with Gasteiger partial charge in [-0.25, -0.2) is 4.98 Å². The Morgan fingerprint density at radius 2 is 1.25 bits per heavy atom. The van der Waals surface area contributed by atoms with E-state index in [0.717, 1.165) is 0 Å². The zero-order valence-electron chi connectivity index (χ0n) is 51.5. The first kappa shape index (κ1) is 77.9. The Morgan fingerprint density at radius 1 is 0.640 bits per heavy atom. The summed E-state index contributed by atoms with van der Waals surface area (Å²) >= 11 is 0. The fourth-order valence-corrected chi connectivity index (χ4v) is 9.65. The Bertz CT molecular complexity index is 2400. The third kappa shape index (κ3) is 30.2. The third-order valence-corrected chi connectivity index (χ3v) is 14.7. The summed E-state index contributed by atoms with van der Waals surface area (Å²) in [5.74, 6) is -7.05. The van der Waals surface area contributed by atoms with Crippen LogP contribution in [0.5, 0.6) is 0 Å². The van der Waals surface area contributed by atoms with Crippen LogP contribution in [-0.4, -0.2) is 211 Å². The van der Waals surface area contributed by atoms with Crippen molar-refractivity contribution < 1.29 is 53.1 Å². The van der Waals surface area contributed by atoms with Gasteiger partial charge in [0.1, 0.15) is 36.3 Å². The van der Waals surface area contributed by atoms with E-state index in [-0.39, 0.29) is 108 Å². The van der Waals surface area contributed by atoms with Crippen molar-refractivity contribution in [2.24, 2.45) is 62.3 Å². The monoisotopic (exact) mass is 1260 g/mol. The molecule has 0 spiro atoms. The van der Waals surface area contributed by atoms with Gasteiger partial charge in [-0.1, -0.05) is 12.5 Å². The number of carbonyl (C=O) groups is 10. The molecule has 2 heterocycles. The number of carbonyl (C=O) groups excluding carboxylic acids is 10. The first-order valence-electron chi connectivity index (χ1n) is 31.0. The van der Waals surface area contributed by atoms with Gasteiger partial charge in [0.2, 0.25) is 53.2 Å². The Hall–Kier alpha value is -7.24. The maximum atomic E-state index is 14.5. The number of aromatic amines is 1. The number of unbranched alkanes of at least 4 members (excludes halogenated alkanes) is 4. The SMILES string of the molecule is NCCCCNC(=O)[C@H](CCCCN)NC(=O)/C(=C/CCN=C(N)N)CCC(=O)[C@H](CCCCN)NC(=O)[C@H](Cc1cnc[nH]1)NC(=O)[C@@H]1CCCN1C(=O)[C@@H](CCCN)NC(=O)CNC(=O)[C@H](CCN)NC(=O)[C@@H](NC(=O)[C@@H](N)CCCCN)[C@@H](O)CN. The Balaban J connectivity index is 2.33. The van der Waals surface area contributed by atoms with Crippen LogP contribution in [0.4, 0.5) is 0 Å². The topological polar surface area (TPSA) is 592 Å². The minimum atomic E-state index is -1.61. The van der Waals surface area contributed by atoms with Gasteiger partial charge in [0.05, 0.1) is 31.1 Å². The minimum Gasteiger partial charge on any atom is -0.389 e. The van der Waals surface area contributed by atoms with Gasteiger partial charge in [0.25, 0.3) is 0 Å². The molecule has 0 aliphatic carbocycles. The maximum absolute atomic E-state index is 14.5. The van der Waals surface area contributed by atoms with E-state index in [1.54, 1.807) is 6.08 Å². The molecule has 30 N–H and O–H groups in total. The summed E-state index contributed by atoms with van der Waals surface area (Å²) in [4.78, 5) is 150. The van der Waals surface area contributed by atoms with E-state index in [1.807, 2.05) is 0 Å². The summed E-state index contributed by atoms with van der Waals surface area (Å²) in [6.45, 7) is 1.01. The standard InChI is InChI=1S/C56H104N22O11/c57-21-4-1-13-37(64)49(83)77-47(45(80)31-63)54(88)75-40(20-26-62)51(85)70-33-46(81)72-41(16-9-25-61)55(89)78-29-11-17-43(78)53(87)76-42(30-36-32-67-34-71-36)52(86)73-38(14-2-5-22-58)44(79)19-18-35(12-10-28-69-56(65)66)48(82)74-39(15-3-6-23-59)50(84)68-27-8-7-24-60/h12,32,34,37-43,45,47,80H,1-11,13-31,33,57-64H2,(H,67,71)(H,68,84)(H,70,85)(H,72,81)(H,73,86)(H,74,82)(H,75,88)(H,76,87)(H,77,83)(H4,65,66,69)/b35-12+/t37-,38-,39-,40-,41+,42-,43-,45-,47-/m0/s1. The summed E-state index contributed by atoms with van der Waals surface area (Å²) in [5.41, 5.74) is 57.6. The highest BCUT2D eigenvalue weighted by molar-refractivity contribution is 5.99. The normalized spacial score (nSPS) is 15.8. The lowest BCUT2D eigenvalue weighted by molar-refractivity contribution is -0.142. The second-order valence-corrected chi connectivity index (χ2v) is 21.9. The van der Waals surface area contributed by atoms with Crippen molar-refractivity contribution >= 4 is 64.9 Å². The number of nitrogens with two attached hydrogens (primary N) is 10. The Labute approximate surface area is 520 Å². The highest BCUT2D eigenvalue weighted by Crippen LogP contribution is 2.21. The Morgan fingerprint density at radius 3 is 1.87 bits per heavy atom. The molecule has 0 radical (unpaired) electrons. The van der Waals surface area contributed by atoms with E-state index in [4.69, 9.17) is 57.3 Å². The predicted molar refractivity (Wildman–Crippen MR) is 334 cm³/mol. The summed E-state index contributed by atoms with van der Waals surface area (Å²) in [5, 5.41) is 31.7. The van der Waals surface area contributed by atoms with Crippen LogP contribution < -0.4 is 99.9 Å². The molecule has 0 bridgehead atoms. The average molecular weight is 1260 g/mol. The average Bonchev–Trinajstić information content (AvgIpc) is 4.30. The quantitative estimate of drug-likeness (QED) is 0.0125. The number of aliphatic imine (C=N–C) groups is 1. The van der Waals surface area contributed by atoms with Crippen molar-refractivity contribution in [3.63, 3.8) is 0 Å². The van der Waals surface area contributed by atoms with Crippen LogP contribution in [0.25, 0.3) is 0 Å². The number of hydrogen-bond acceptors (Lipinski definition) is 21. The van der Waals surface area contributed by atoms with E-state index >= 15 is 0 Å². The Kier molecular flexibility index (Phi) is 39.4. The van der Waals surface area contributed by atoms with Crippen molar-refractivity contribution in [1.29, 1.82) is 0 Å². The fourth-order valence-electron chi connectivity index (χ4n) is 9.65. The molecule has 0 saturated carbocycles.